The van der Waals surface area contributed by atoms with Crippen LogP contribution in [0.15, 0.2) is 24.3 Å². The van der Waals surface area contributed by atoms with Crippen LogP contribution in [0.2, 0.25) is 0 Å². The zero-order valence-electron chi connectivity index (χ0n) is 16.4. The Morgan fingerprint density at radius 3 is 2.56 bits per heavy atom. The predicted octanol–water partition coefficient (Wildman–Crippen LogP) is 2.94. The molecule has 0 aromatic heterocycles. The molecule has 1 aromatic carbocycles. The van der Waals surface area contributed by atoms with Gasteiger partial charge in [-0.05, 0) is 43.5 Å². The van der Waals surface area contributed by atoms with E-state index in [2.05, 4.69) is 17.6 Å². The first kappa shape index (κ1) is 19.5. The third-order valence-corrected chi connectivity index (χ3v) is 5.66. The monoisotopic (exact) mass is 373 g/mol. The van der Waals surface area contributed by atoms with Gasteiger partial charge in [-0.1, -0.05) is 26.2 Å². The fourth-order valence-electron chi connectivity index (χ4n) is 4.19. The first-order valence-corrected chi connectivity index (χ1v) is 10.1. The van der Waals surface area contributed by atoms with Crippen molar-refractivity contribution in [1.29, 1.82) is 0 Å². The van der Waals surface area contributed by atoms with Crippen molar-refractivity contribution in [3.63, 3.8) is 0 Å². The second-order valence-electron chi connectivity index (χ2n) is 7.71. The zero-order chi connectivity index (χ0) is 19.3. The van der Waals surface area contributed by atoms with Crippen molar-refractivity contribution in [2.45, 2.75) is 63.5 Å². The van der Waals surface area contributed by atoms with E-state index in [9.17, 15) is 9.59 Å². The van der Waals surface area contributed by atoms with Crippen molar-refractivity contribution in [2.75, 3.05) is 25.5 Å². The molecule has 1 saturated carbocycles. The maximum absolute atomic E-state index is 13.2. The Kier molecular flexibility index (Phi) is 6.24. The molecule has 6 nitrogen and oxygen atoms in total. The van der Waals surface area contributed by atoms with Gasteiger partial charge < -0.3 is 20.3 Å². The molecule has 2 N–H and O–H groups in total. The summed E-state index contributed by atoms with van der Waals surface area (Å²) in [4.78, 5) is 27.2. The summed E-state index contributed by atoms with van der Waals surface area (Å²) in [6.45, 7) is 3.45. The van der Waals surface area contributed by atoms with Crippen molar-refractivity contribution < 1.29 is 14.3 Å². The molecule has 1 aromatic rings. The molecule has 1 unspecified atom stereocenters. The summed E-state index contributed by atoms with van der Waals surface area (Å²) in [7, 11) is 1.64. The lowest BCUT2D eigenvalue weighted by Gasteiger charge is -2.38. The highest BCUT2D eigenvalue weighted by atomic mass is 16.5. The standard InChI is InChI=1S/C21H31N3O3/c1-3-13-24-15-17(14-19(24)25)22-20(26)21(11-5-4-6-12-21)23-16-7-9-18(27-2)10-8-16/h7-10,17,23H,3-6,11-15H2,1-2H3,(H,22,26). The molecule has 1 atom stereocenters. The van der Waals surface area contributed by atoms with E-state index in [0.717, 1.165) is 56.5 Å². The highest BCUT2D eigenvalue weighted by Gasteiger charge is 2.41. The summed E-state index contributed by atoms with van der Waals surface area (Å²) < 4.78 is 5.22. The van der Waals surface area contributed by atoms with Crippen LogP contribution in [0.3, 0.4) is 0 Å². The topological polar surface area (TPSA) is 70.7 Å². The molecule has 2 aliphatic rings. The van der Waals surface area contributed by atoms with Crippen molar-refractivity contribution in [1.82, 2.24) is 10.2 Å². The number of ether oxygens (including phenoxy) is 1. The molecule has 1 saturated heterocycles. The second-order valence-corrected chi connectivity index (χ2v) is 7.71. The highest BCUT2D eigenvalue weighted by Crippen LogP contribution is 2.33. The van der Waals surface area contributed by atoms with Crippen LogP contribution in [0.25, 0.3) is 0 Å². The predicted molar refractivity (Wildman–Crippen MR) is 106 cm³/mol. The van der Waals surface area contributed by atoms with Gasteiger partial charge in [-0.3, -0.25) is 9.59 Å². The number of hydrogen-bond donors (Lipinski definition) is 2. The smallest absolute Gasteiger partial charge is 0.245 e. The molecule has 27 heavy (non-hydrogen) atoms. The summed E-state index contributed by atoms with van der Waals surface area (Å²) in [5.41, 5.74) is 0.316. The lowest BCUT2D eigenvalue weighted by atomic mass is 9.80. The third kappa shape index (κ3) is 4.54. The van der Waals surface area contributed by atoms with Gasteiger partial charge in [-0.25, -0.2) is 0 Å². The van der Waals surface area contributed by atoms with Crippen molar-refractivity contribution >= 4 is 17.5 Å². The van der Waals surface area contributed by atoms with Crippen LogP contribution in [0.4, 0.5) is 5.69 Å². The summed E-state index contributed by atoms with van der Waals surface area (Å²) in [6.07, 6.45) is 6.18. The highest BCUT2D eigenvalue weighted by molar-refractivity contribution is 5.91. The van der Waals surface area contributed by atoms with Gasteiger partial charge in [0.25, 0.3) is 0 Å². The van der Waals surface area contributed by atoms with Crippen molar-refractivity contribution in [3.05, 3.63) is 24.3 Å². The lowest BCUT2D eigenvalue weighted by Crippen LogP contribution is -2.56. The number of carbonyl (C=O) groups excluding carboxylic acids is 2. The van der Waals surface area contributed by atoms with Crippen LogP contribution in [-0.2, 0) is 9.59 Å². The SMILES string of the molecule is CCCN1CC(NC(=O)C2(Nc3ccc(OC)cc3)CCCCC2)CC1=O. The van der Waals surface area contributed by atoms with Gasteiger partial charge in [0.15, 0.2) is 0 Å². The maximum atomic E-state index is 13.2. The molecule has 1 heterocycles. The molecule has 0 radical (unpaired) electrons. The van der Waals surface area contributed by atoms with E-state index in [1.54, 1.807) is 7.11 Å². The van der Waals surface area contributed by atoms with Gasteiger partial charge in [-0.15, -0.1) is 0 Å². The number of amides is 2. The third-order valence-electron chi connectivity index (χ3n) is 5.66. The maximum Gasteiger partial charge on any atom is 0.245 e. The summed E-state index contributed by atoms with van der Waals surface area (Å²) in [5.74, 6) is 0.959. The van der Waals surface area contributed by atoms with Crippen LogP contribution in [0.5, 0.6) is 5.75 Å². The number of anilines is 1. The molecule has 0 spiro atoms. The van der Waals surface area contributed by atoms with E-state index in [1.165, 1.54) is 0 Å². The Labute approximate surface area is 161 Å². The summed E-state index contributed by atoms with van der Waals surface area (Å²) in [6, 6.07) is 7.60. The van der Waals surface area contributed by atoms with Gasteiger partial charge in [0.2, 0.25) is 11.8 Å². The van der Waals surface area contributed by atoms with Crippen LogP contribution in [0, 0.1) is 0 Å². The quantitative estimate of drug-likeness (QED) is 0.771. The van der Waals surface area contributed by atoms with Crippen LogP contribution >= 0.6 is 0 Å². The van der Waals surface area contributed by atoms with Gasteiger partial charge >= 0.3 is 0 Å². The van der Waals surface area contributed by atoms with Crippen LogP contribution in [0.1, 0.15) is 51.9 Å². The number of carbonyl (C=O) groups is 2. The number of hydrogen-bond acceptors (Lipinski definition) is 4. The van der Waals surface area contributed by atoms with E-state index in [4.69, 9.17) is 4.74 Å². The largest absolute Gasteiger partial charge is 0.497 e. The van der Waals surface area contributed by atoms with Crippen molar-refractivity contribution in [2.24, 2.45) is 0 Å². The van der Waals surface area contributed by atoms with Crippen molar-refractivity contribution in [3.8, 4) is 5.75 Å². The van der Waals surface area contributed by atoms with E-state index in [-0.39, 0.29) is 17.9 Å². The van der Waals surface area contributed by atoms with E-state index < -0.39 is 5.54 Å². The van der Waals surface area contributed by atoms with E-state index in [1.807, 2.05) is 29.2 Å². The number of likely N-dealkylation sites (tertiary alicyclic amines) is 1. The number of nitrogens with one attached hydrogen (secondary N) is 2. The number of benzene rings is 1. The summed E-state index contributed by atoms with van der Waals surface area (Å²) >= 11 is 0. The Hall–Kier alpha value is -2.24. The number of nitrogens with zero attached hydrogens (tertiary/aromatic N) is 1. The minimum Gasteiger partial charge on any atom is -0.497 e. The molecule has 2 fully saturated rings. The van der Waals surface area contributed by atoms with E-state index >= 15 is 0 Å². The van der Waals surface area contributed by atoms with Gasteiger partial charge in [0.1, 0.15) is 11.3 Å². The fraction of sp³-hybridized carbons (Fsp3) is 0.619. The first-order chi connectivity index (χ1) is 13.1. The number of methoxy groups -OCH3 is 1. The molecule has 6 heteroatoms. The average Bonchev–Trinajstić information content (AvgIpc) is 3.02. The van der Waals surface area contributed by atoms with Gasteiger partial charge in [0.05, 0.1) is 13.2 Å². The summed E-state index contributed by atoms with van der Waals surface area (Å²) in [5, 5.41) is 6.66. The van der Waals surface area contributed by atoms with Crippen LogP contribution in [-0.4, -0.2) is 48.5 Å². The zero-order valence-corrected chi connectivity index (χ0v) is 16.4. The molecule has 1 aliphatic carbocycles. The molecule has 1 aliphatic heterocycles. The van der Waals surface area contributed by atoms with Gasteiger partial charge in [0, 0.05) is 25.2 Å². The molecular weight excluding hydrogens is 342 g/mol. The van der Waals surface area contributed by atoms with E-state index in [0.29, 0.717) is 13.0 Å². The number of rotatable bonds is 7. The van der Waals surface area contributed by atoms with Gasteiger partial charge in [-0.2, -0.15) is 0 Å². The minimum atomic E-state index is -0.603. The Bertz CT molecular complexity index is 653. The van der Waals surface area contributed by atoms with Crippen LogP contribution < -0.4 is 15.4 Å². The molecule has 0 bridgehead atoms. The minimum absolute atomic E-state index is 0.0224. The Morgan fingerprint density at radius 2 is 1.93 bits per heavy atom. The molecule has 2 amide bonds. The Balaban J connectivity index is 1.69. The fourth-order valence-corrected chi connectivity index (χ4v) is 4.19. The molecular formula is C21H31N3O3. The second kappa shape index (κ2) is 8.63. The average molecular weight is 373 g/mol. The normalized spacial score (nSPS) is 21.8. The Morgan fingerprint density at radius 1 is 1.22 bits per heavy atom. The molecule has 148 valence electrons. The lowest BCUT2D eigenvalue weighted by molar-refractivity contribution is -0.127. The first-order valence-electron chi connectivity index (χ1n) is 10.1. The molecule has 3 rings (SSSR count).